The Bertz CT molecular complexity index is 832. The maximum absolute atomic E-state index is 12.1. The first-order chi connectivity index (χ1) is 12.2. The minimum absolute atomic E-state index is 0.235. The lowest BCUT2D eigenvalue weighted by Gasteiger charge is -2.07. The van der Waals surface area contributed by atoms with Crippen LogP contribution in [0.1, 0.15) is 27.2 Å². The summed E-state index contributed by atoms with van der Waals surface area (Å²) in [4.78, 5) is 20.6. The first-order valence-corrected chi connectivity index (χ1v) is 8.14. The van der Waals surface area contributed by atoms with Gasteiger partial charge in [-0.2, -0.15) is 0 Å². The number of aromatic nitrogens is 2. The Balaban J connectivity index is 1.53. The molecule has 0 saturated carbocycles. The van der Waals surface area contributed by atoms with Gasteiger partial charge in [-0.25, -0.2) is 9.97 Å². The van der Waals surface area contributed by atoms with Crippen molar-refractivity contribution in [3.05, 3.63) is 89.4 Å². The summed E-state index contributed by atoms with van der Waals surface area (Å²) in [5.74, 6) is 0.405. The fourth-order valence-electron chi connectivity index (χ4n) is 2.42. The second-order valence-electron chi connectivity index (χ2n) is 5.80. The van der Waals surface area contributed by atoms with Crippen molar-refractivity contribution in [3.8, 4) is 0 Å². The average Bonchev–Trinajstić information content (AvgIpc) is 2.66. The number of nitrogens with zero attached hydrogens (tertiary/aromatic N) is 2. The summed E-state index contributed by atoms with van der Waals surface area (Å²) in [6, 6.07) is 18.0. The zero-order chi connectivity index (χ0) is 17.5. The number of hydrogen-bond acceptors (Lipinski definition) is 4. The quantitative estimate of drug-likeness (QED) is 0.726. The molecule has 0 fully saturated rings. The summed E-state index contributed by atoms with van der Waals surface area (Å²) >= 11 is 0. The number of carbonyl (C=O) groups is 1. The van der Waals surface area contributed by atoms with Crippen LogP contribution < -0.4 is 10.6 Å². The van der Waals surface area contributed by atoms with Gasteiger partial charge in [0, 0.05) is 13.1 Å². The van der Waals surface area contributed by atoms with Gasteiger partial charge >= 0.3 is 0 Å². The van der Waals surface area contributed by atoms with Gasteiger partial charge in [0.25, 0.3) is 5.91 Å². The van der Waals surface area contributed by atoms with E-state index in [0.717, 1.165) is 5.56 Å². The Labute approximate surface area is 147 Å². The van der Waals surface area contributed by atoms with Crippen LogP contribution in [0.2, 0.25) is 0 Å². The summed E-state index contributed by atoms with van der Waals surface area (Å²) in [5, 5.41) is 6.04. The smallest absolute Gasteiger partial charge is 0.271 e. The SMILES string of the molecule is Cc1cccc(CNc2cnc(C(=O)NCc3ccccc3)cn2)c1. The van der Waals surface area contributed by atoms with Crippen molar-refractivity contribution in [1.29, 1.82) is 0 Å². The molecule has 1 heterocycles. The molecule has 25 heavy (non-hydrogen) atoms. The number of amides is 1. The molecule has 0 spiro atoms. The maximum atomic E-state index is 12.1. The zero-order valence-electron chi connectivity index (χ0n) is 14.1. The average molecular weight is 332 g/mol. The molecule has 0 radical (unpaired) electrons. The van der Waals surface area contributed by atoms with E-state index in [1.807, 2.05) is 36.4 Å². The van der Waals surface area contributed by atoms with Crippen LogP contribution in [0.15, 0.2) is 67.0 Å². The predicted molar refractivity (Wildman–Crippen MR) is 98.1 cm³/mol. The van der Waals surface area contributed by atoms with Crippen LogP contribution >= 0.6 is 0 Å². The van der Waals surface area contributed by atoms with Crippen LogP contribution in [0, 0.1) is 6.92 Å². The van der Waals surface area contributed by atoms with Crippen molar-refractivity contribution in [2.75, 3.05) is 5.32 Å². The third-order valence-corrected chi connectivity index (χ3v) is 3.74. The van der Waals surface area contributed by atoms with E-state index >= 15 is 0 Å². The summed E-state index contributed by atoms with van der Waals surface area (Å²) in [6.45, 7) is 3.19. The summed E-state index contributed by atoms with van der Waals surface area (Å²) < 4.78 is 0. The van der Waals surface area contributed by atoms with Gasteiger partial charge < -0.3 is 10.6 Å². The molecule has 1 aromatic heterocycles. The highest BCUT2D eigenvalue weighted by Crippen LogP contribution is 2.08. The molecule has 126 valence electrons. The van der Waals surface area contributed by atoms with Crippen molar-refractivity contribution in [2.24, 2.45) is 0 Å². The second-order valence-corrected chi connectivity index (χ2v) is 5.80. The number of aryl methyl sites for hydroxylation is 1. The number of rotatable bonds is 6. The lowest BCUT2D eigenvalue weighted by molar-refractivity contribution is 0.0945. The van der Waals surface area contributed by atoms with E-state index < -0.39 is 0 Å². The van der Waals surface area contributed by atoms with E-state index in [9.17, 15) is 4.79 Å². The first kappa shape index (κ1) is 16.6. The summed E-state index contributed by atoms with van der Waals surface area (Å²) in [5.41, 5.74) is 3.74. The molecule has 0 bridgehead atoms. The molecule has 0 aliphatic carbocycles. The monoisotopic (exact) mass is 332 g/mol. The van der Waals surface area contributed by atoms with Crippen LogP contribution in [0.25, 0.3) is 0 Å². The Morgan fingerprint density at radius 2 is 1.72 bits per heavy atom. The molecule has 0 saturated heterocycles. The first-order valence-electron chi connectivity index (χ1n) is 8.14. The molecule has 1 amide bonds. The molecule has 0 aliphatic rings. The molecule has 0 atom stereocenters. The highest BCUT2D eigenvalue weighted by molar-refractivity contribution is 5.91. The Morgan fingerprint density at radius 3 is 2.44 bits per heavy atom. The van der Waals surface area contributed by atoms with E-state index in [0.29, 0.717) is 24.6 Å². The minimum Gasteiger partial charge on any atom is -0.365 e. The van der Waals surface area contributed by atoms with Crippen molar-refractivity contribution in [1.82, 2.24) is 15.3 Å². The standard InChI is InChI=1S/C20H20N4O/c1-15-6-5-9-17(10-15)12-22-19-14-21-18(13-23-19)20(25)24-11-16-7-3-2-4-8-16/h2-10,13-14H,11-12H2,1H3,(H,22,23)(H,24,25). The number of anilines is 1. The van der Waals surface area contributed by atoms with Gasteiger partial charge in [-0.3, -0.25) is 4.79 Å². The molecule has 2 aromatic carbocycles. The fraction of sp³-hybridized carbons (Fsp3) is 0.150. The zero-order valence-corrected chi connectivity index (χ0v) is 14.1. The van der Waals surface area contributed by atoms with Crippen LogP contribution in [-0.4, -0.2) is 15.9 Å². The van der Waals surface area contributed by atoms with Crippen LogP contribution in [-0.2, 0) is 13.1 Å². The highest BCUT2D eigenvalue weighted by atomic mass is 16.1. The van der Waals surface area contributed by atoms with E-state index in [2.05, 4.69) is 45.7 Å². The van der Waals surface area contributed by atoms with Gasteiger partial charge in [0.2, 0.25) is 0 Å². The van der Waals surface area contributed by atoms with Crippen LogP contribution in [0.4, 0.5) is 5.82 Å². The lowest BCUT2D eigenvalue weighted by Crippen LogP contribution is -2.24. The number of carbonyl (C=O) groups excluding carboxylic acids is 1. The van der Waals surface area contributed by atoms with Gasteiger partial charge in [-0.15, -0.1) is 0 Å². The van der Waals surface area contributed by atoms with Gasteiger partial charge in [0.15, 0.2) is 0 Å². The minimum atomic E-state index is -0.235. The Hall–Kier alpha value is -3.21. The van der Waals surface area contributed by atoms with Gasteiger partial charge in [-0.05, 0) is 18.1 Å². The third kappa shape index (κ3) is 4.88. The van der Waals surface area contributed by atoms with E-state index in [1.165, 1.54) is 17.3 Å². The summed E-state index contributed by atoms with van der Waals surface area (Å²) in [7, 11) is 0. The molecular formula is C20H20N4O. The fourth-order valence-corrected chi connectivity index (χ4v) is 2.42. The van der Waals surface area contributed by atoms with Gasteiger partial charge in [0.05, 0.1) is 12.4 Å². The van der Waals surface area contributed by atoms with Gasteiger partial charge in [0.1, 0.15) is 11.5 Å². The molecule has 0 unspecified atom stereocenters. The van der Waals surface area contributed by atoms with Crippen LogP contribution in [0.5, 0.6) is 0 Å². The van der Waals surface area contributed by atoms with E-state index in [-0.39, 0.29) is 5.91 Å². The van der Waals surface area contributed by atoms with Crippen molar-refractivity contribution in [2.45, 2.75) is 20.0 Å². The molecule has 0 aliphatic heterocycles. The van der Waals surface area contributed by atoms with Crippen molar-refractivity contribution in [3.63, 3.8) is 0 Å². The maximum Gasteiger partial charge on any atom is 0.271 e. The summed E-state index contributed by atoms with van der Waals surface area (Å²) in [6.07, 6.45) is 3.06. The molecule has 5 nitrogen and oxygen atoms in total. The van der Waals surface area contributed by atoms with Gasteiger partial charge in [-0.1, -0.05) is 60.2 Å². The molecule has 3 rings (SSSR count). The predicted octanol–water partition coefficient (Wildman–Crippen LogP) is 3.33. The molecule has 2 N–H and O–H groups in total. The Morgan fingerprint density at radius 1 is 0.920 bits per heavy atom. The normalized spacial score (nSPS) is 10.3. The number of nitrogens with one attached hydrogen (secondary N) is 2. The Kier molecular flexibility index (Phi) is 5.36. The largest absolute Gasteiger partial charge is 0.365 e. The third-order valence-electron chi connectivity index (χ3n) is 3.74. The molecule has 5 heteroatoms. The van der Waals surface area contributed by atoms with Crippen LogP contribution in [0.3, 0.4) is 0 Å². The van der Waals surface area contributed by atoms with E-state index in [4.69, 9.17) is 0 Å². The number of benzene rings is 2. The van der Waals surface area contributed by atoms with E-state index in [1.54, 1.807) is 6.20 Å². The molecule has 3 aromatic rings. The molecular weight excluding hydrogens is 312 g/mol. The lowest BCUT2D eigenvalue weighted by atomic mass is 10.1. The highest BCUT2D eigenvalue weighted by Gasteiger charge is 2.07. The topological polar surface area (TPSA) is 66.9 Å². The number of hydrogen-bond donors (Lipinski definition) is 2. The second kappa shape index (κ2) is 8.06. The van der Waals surface area contributed by atoms with Crippen molar-refractivity contribution >= 4 is 11.7 Å². The van der Waals surface area contributed by atoms with Crippen molar-refractivity contribution < 1.29 is 4.79 Å².